The zero-order valence-corrected chi connectivity index (χ0v) is 19.3. The van der Waals surface area contributed by atoms with Gasteiger partial charge in [-0.2, -0.15) is 17.4 Å². The number of likely N-dealkylation sites (tertiary alicyclic amines) is 1. The second kappa shape index (κ2) is 9.98. The highest BCUT2D eigenvalue weighted by Crippen LogP contribution is 2.35. The molecule has 1 amide bonds. The van der Waals surface area contributed by atoms with E-state index in [9.17, 15) is 27.1 Å². The van der Waals surface area contributed by atoms with E-state index in [1.165, 1.54) is 31.1 Å². The minimum atomic E-state index is -3.73. The fourth-order valence-electron chi connectivity index (χ4n) is 4.72. The van der Waals surface area contributed by atoms with Crippen LogP contribution in [-0.4, -0.2) is 73.8 Å². The van der Waals surface area contributed by atoms with Gasteiger partial charge in [0.25, 0.3) is 10.2 Å². The Labute approximate surface area is 187 Å². The predicted molar refractivity (Wildman–Crippen MR) is 115 cm³/mol. The van der Waals surface area contributed by atoms with E-state index >= 15 is 0 Å². The lowest BCUT2D eigenvalue weighted by molar-refractivity contribution is -0.00709. The highest BCUT2D eigenvalue weighted by Gasteiger charge is 2.44. The van der Waals surface area contributed by atoms with Crippen LogP contribution in [0.3, 0.4) is 0 Å². The zero-order chi connectivity index (χ0) is 23.6. The van der Waals surface area contributed by atoms with Gasteiger partial charge < -0.3 is 9.84 Å². The first kappa shape index (κ1) is 24.8. The highest BCUT2D eigenvalue weighted by atomic mass is 32.2. The van der Waals surface area contributed by atoms with Crippen LogP contribution >= 0.6 is 0 Å². The van der Waals surface area contributed by atoms with E-state index in [0.29, 0.717) is 37.7 Å². The first-order valence-electron chi connectivity index (χ1n) is 10.8. The smallest absolute Gasteiger partial charge is 0.407 e. The number of hydrogen-bond donors (Lipinski definition) is 2. The Balaban J connectivity index is 1.61. The Bertz CT molecular complexity index is 902. The molecule has 0 aromatic heterocycles. The Morgan fingerprint density at radius 1 is 1.19 bits per heavy atom. The van der Waals surface area contributed by atoms with Crippen molar-refractivity contribution in [3.63, 3.8) is 0 Å². The minimum absolute atomic E-state index is 0.0433. The zero-order valence-electron chi connectivity index (χ0n) is 18.5. The largest absolute Gasteiger partial charge is 0.465 e. The second-order valence-electron chi connectivity index (χ2n) is 8.86. The molecule has 0 spiro atoms. The molecule has 2 fully saturated rings. The lowest BCUT2D eigenvalue weighted by atomic mass is 9.82. The summed E-state index contributed by atoms with van der Waals surface area (Å²) in [4.78, 5) is 13.0. The van der Waals surface area contributed by atoms with Gasteiger partial charge in [0.1, 0.15) is 11.6 Å². The molecule has 8 nitrogen and oxygen atoms in total. The summed E-state index contributed by atoms with van der Waals surface area (Å²) in [6.45, 7) is 1.82. The first-order valence-corrected chi connectivity index (χ1v) is 12.2. The third-order valence-electron chi connectivity index (χ3n) is 6.43. The van der Waals surface area contributed by atoms with E-state index in [1.807, 2.05) is 0 Å². The van der Waals surface area contributed by atoms with Gasteiger partial charge in [-0.05, 0) is 62.6 Å². The second-order valence-corrected chi connectivity index (χ2v) is 10.8. The van der Waals surface area contributed by atoms with Crippen molar-refractivity contribution in [2.75, 3.05) is 20.7 Å². The van der Waals surface area contributed by atoms with Crippen LogP contribution in [0.25, 0.3) is 0 Å². The van der Waals surface area contributed by atoms with Gasteiger partial charge in [0, 0.05) is 32.2 Å². The number of benzene rings is 1. The molecular formula is C21H31F2N3O5S. The number of carboxylic acid groups (broad SMARTS) is 1. The van der Waals surface area contributed by atoms with E-state index in [0.717, 1.165) is 10.4 Å². The fraction of sp³-hybridized carbons (Fsp3) is 0.667. The normalized spacial score (nSPS) is 28.9. The number of nitrogens with zero attached hydrogens (tertiary/aromatic N) is 2. The number of rotatable bonds is 7. The molecule has 1 aliphatic carbocycles. The van der Waals surface area contributed by atoms with Crippen molar-refractivity contribution < 1.29 is 31.8 Å². The van der Waals surface area contributed by atoms with E-state index in [2.05, 4.69) is 4.72 Å². The van der Waals surface area contributed by atoms with Crippen LogP contribution in [0.1, 0.15) is 50.5 Å². The van der Waals surface area contributed by atoms with Crippen LogP contribution in [0.2, 0.25) is 0 Å². The minimum Gasteiger partial charge on any atom is -0.465 e. The summed E-state index contributed by atoms with van der Waals surface area (Å²) in [5, 5.41) is 9.64. The number of hydrogen-bond acceptors (Lipinski definition) is 4. The standard InChI is InChI=1S/C21H31F2N3O5S/c1-13-8-19(24-32(29,30)25(2)3)20(26(13)21(27)28)12-31-18-6-4-14(5-7-18)15-9-16(22)11-17(23)10-15/h9-11,13-14,18-20,24H,4-8,12H2,1-3H3,(H,27,28)/t13-,14?,18?,19+,20+/m1/s1. The molecule has 2 N–H and O–H groups in total. The average Bonchev–Trinajstić information content (AvgIpc) is 3.00. The van der Waals surface area contributed by atoms with Crippen molar-refractivity contribution in [1.82, 2.24) is 13.9 Å². The fourth-order valence-corrected chi connectivity index (χ4v) is 5.56. The molecule has 1 saturated carbocycles. The van der Waals surface area contributed by atoms with E-state index < -0.39 is 40.0 Å². The molecule has 3 atom stereocenters. The van der Waals surface area contributed by atoms with Crippen LogP contribution in [0.15, 0.2) is 18.2 Å². The van der Waals surface area contributed by atoms with Gasteiger partial charge in [0.05, 0.1) is 18.8 Å². The van der Waals surface area contributed by atoms with Gasteiger partial charge in [0.2, 0.25) is 0 Å². The summed E-state index contributed by atoms with van der Waals surface area (Å²) in [7, 11) is -0.915. The molecule has 0 bridgehead atoms. The Kier molecular flexibility index (Phi) is 7.74. The van der Waals surface area contributed by atoms with Gasteiger partial charge in [0.15, 0.2) is 0 Å². The molecule has 3 rings (SSSR count). The molecule has 1 aromatic rings. The third kappa shape index (κ3) is 5.75. The van der Waals surface area contributed by atoms with E-state index in [4.69, 9.17) is 4.74 Å². The third-order valence-corrected chi connectivity index (χ3v) is 7.99. The van der Waals surface area contributed by atoms with Crippen LogP contribution < -0.4 is 4.72 Å². The predicted octanol–water partition coefficient (Wildman–Crippen LogP) is 2.91. The summed E-state index contributed by atoms with van der Waals surface area (Å²) in [6.07, 6.45) is 1.86. The van der Waals surface area contributed by atoms with Crippen molar-refractivity contribution in [3.05, 3.63) is 35.4 Å². The summed E-state index contributed by atoms with van der Waals surface area (Å²) in [5.74, 6) is -1.14. The van der Waals surface area contributed by atoms with Crippen LogP contribution in [-0.2, 0) is 14.9 Å². The lowest BCUT2D eigenvalue weighted by Crippen LogP contribution is -2.52. The maximum atomic E-state index is 13.5. The van der Waals surface area contributed by atoms with Crippen LogP contribution in [0, 0.1) is 11.6 Å². The maximum Gasteiger partial charge on any atom is 0.407 e. The lowest BCUT2D eigenvalue weighted by Gasteiger charge is -2.33. The molecule has 0 radical (unpaired) electrons. The molecule has 1 saturated heterocycles. The maximum absolute atomic E-state index is 13.5. The van der Waals surface area contributed by atoms with Gasteiger partial charge in [-0.25, -0.2) is 13.6 Å². The molecule has 1 heterocycles. The van der Waals surface area contributed by atoms with Gasteiger partial charge in [-0.3, -0.25) is 4.90 Å². The number of nitrogens with one attached hydrogen (secondary N) is 1. The van der Waals surface area contributed by atoms with Gasteiger partial charge in [-0.15, -0.1) is 0 Å². The van der Waals surface area contributed by atoms with Gasteiger partial charge in [-0.1, -0.05) is 0 Å². The number of halogens is 2. The molecule has 0 unspecified atom stereocenters. The number of ether oxygens (including phenoxy) is 1. The molecule has 1 aromatic carbocycles. The van der Waals surface area contributed by atoms with Crippen molar-refractivity contribution in [3.8, 4) is 0 Å². The Hall–Kier alpha value is -1.82. The Morgan fingerprint density at radius 2 is 1.78 bits per heavy atom. The molecule has 32 heavy (non-hydrogen) atoms. The van der Waals surface area contributed by atoms with Gasteiger partial charge >= 0.3 is 6.09 Å². The van der Waals surface area contributed by atoms with E-state index in [-0.39, 0.29) is 24.7 Å². The van der Waals surface area contributed by atoms with Crippen molar-refractivity contribution in [2.24, 2.45) is 0 Å². The van der Waals surface area contributed by atoms with Crippen LogP contribution in [0.4, 0.5) is 13.6 Å². The van der Waals surface area contributed by atoms with Crippen LogP contribution in [0.5, 0.6) is 0 Å². The monoisotopic (exact) mass is 475 g/mol. The SMILES string of the molecule is C[C@@H]1C[C@H](NS(=O)(=O)N(C)C)[C@H](COC2CCC(c3cc(F)cc(F)c3)CC2)N1C(=O)O. The summed E-state index contributed by atoms with van der Waals surface area (Å²) in [6, 6.07) is 1.99. The summed E-state index contributed by atoms with van der Waals surface area (Å²) >= 11 is 0. The summed E-state index contributed by atoms with van der Waals surface area (Å²) in [5.41, 5.74) is 0.640. The summed E-state index contributed by atoms with van der Waals surface area (Å²) < 4.78 is 61.3. The Morgan fingerprint density at radius 3 is 2.31 bits per heavy atom. The molecule has 2 aliphatic rings. The topological polar surface area (TPSA) is 99.2 Å². The van der Waals surface area contributed by atoms with Crippen molar-refractivity contribution in [1.29, 1.82) is 0 Å². The average molecular weight is 476 g/mol. The van der Waals surface area contributed by atoms with Crippen molar-refractivity contribution in [2.45, 2.75) is 69.2 Å². The molecule has 11 heteroatoms. The molecule has 180 valence electrons. The number of carbonyl (C=O) groups is 1. The first-order chi connectivity index (χ1) is 15.0. The molecule has 1 aliphatic heterocycles. The van der Waals surface area contributed by atoms with E-state index in [1.54, 1.807) is 6.92 Å². The molecular weight excluding hydrogens is 444 g/mol. The van der Waals surface area contributed by atoms with Crippen molar-refractivity contribution >= 4 is 16.3 Å². The number of amides is 1. The quantitative estimate of drug-likeness (QED) is 0.632. The highest BCUT2D eigenvalue weighted by molar-refractivity contribution is 7.87.